The summed E-state index contributed by atoms with van der Waals surface area (Å²) >= 11 is 1.71. The van der Waals surface area contributed by atoms with Crippen LogP contribution in [0.25, 0.3) is 0 Å². The van der Waals surface area contributed by atoms with Gasteiger partial charge in [-0.05, 0) is 70.3 Å². The normalized spacial score (nSPS) is 12.8. The number of carbonyl (C=O) groups is 10. The Morgan fingerprint density at radius 3 is 1.59 bits per heavy atom. The monoisotopic (exact) mass is 1180 g/mol. The third-order valence-corrected chi connectivity index (χ3v) is 12.1. The highest BCUT2D eigenvalue weighted by Crippen LogP contribution is 2.20. The van der Waals surface area contributed by atoms with Crippen molar-refractivity contribution in [2.75, 3.05) is 97.5 Å². The number of thioether (sulfide) groups is 1. The summed E-state index contributed by atoms with van der Waals surface area (Å²) < 4.78 is 37.3. The number of nitrogens with one attached hydrogen (secondary N) is 5. The molecule has 0 radical (unpaired) electrons. The van der Waals surface area contributed by atoms with Crippen LogP contribution < -0.4 is 49.5 Å². The van der Waals surface area contributed by atoms with Crippen LogP contribution in [0.1, 0.15) is 119 Å². The van der Waals surface area contributed by atoms with E-state index >= 15 is 0 Å². The van der Waals surface area contributed by atoms with Gasteiger partial charge in [0.15, 0.2) is 18.0 Å². The lowest BCUT2D eigenvalue weighted by molar-refractivity contribution is -0.157. The number of hydrogen-bond donors (Lipinski definition) is 9. The van der Waals surface area contributed by atoms with E-state index in [1.165, 1.54) is 13.8 Å². The van der Waals surface area contributed by atoms with Gasteiger partial charge in [-0.2, -0.15) is 11.8 Å². The molecule has 0 heterocycles. The molecule has 0 aromatic rings. The Morgan fingerprint density at radius 1 is 0.543 bits per heavy atom. The summed E-state index contributed by atoms with van der Waals surface area (Å²) in [6.45, 7) is 10.4. The van der Waals surface area contributed by atoms with Crippen molar-refractivity contribution in [1.29, 1.82) is 0 Å². The smallest absolute Gasteiger partial charge is 0.407 e. The first-order chi connectivity index (χ1) is 38.4. The van der Waals surface area contributed by atoms with Gasteiger partial charge in [0.1, 0.15) is 56.7 Å². The number of aliphatic imine (C=N–C) groups is 2. The number of amides is 4. The van der Waals surface area contributed by atoms with Crippen molar-refractivity contribution in [3.8, 4) is 0 Å². The molecule has 0 aliphatic carbocycles. The van der Waals surface area contributed by atoms with Crippen molar-refractivity contribution < 1.29 is 81.1 Å². The maximum Gasteiger partial charge on any atom is 0.407 e. The minimum absolute atomic E-state index is 0.0150. The van der Waals surface area contributed by atoms with E-state index in [9.17, 15) is 47.9 Å². The number of carbonyl (C=O) groups excluding carboxylic acids is 10. The molecule has 0 spiro atoms. The number of nitrogens with zero attached hydrogens (tertiary/aromatic N) is 2. The molecule has 29 heteroatoms. The topological polar surface area (TPSA) is 424 Å². The molecular weight excluding hydrogens is 1080 g/mol. The zero-order chi connectivity index (χ0) is 61.0. The van der Waals surface area contributed by atoms with Gasteiger partial charge in [-0.1, -0.05) is 27.7 Å². The molecule has 0 bridgehead atoms. The van der Waals surface area contributed by atoms with E-state index in [1.807, 2.05) is 34.7 Å². The molecule has 28 nitrogen and oxygen atoms in total. The van der Waals surface area contributed by atoms with Gasteiger partial charge in [-0.25, -0.2) is 19.2 Å². The van der Waals surface area contributed by atoms with Crippen molar-refractivity contribution in [3.05, 3.63) is 0 Å². The van der Waals surface area contributed by atoms with E-state index in [0.717, 1.165) is 18.1 Å². The zero-order valence-corrected chi connectivity index (χ0v) is 49.3. The first-order valence-electron chi connectivity index (χ1n) is 27.4. The van der Waals surface area contributed by atoms with Gasteiger partial charge in [-0.15, -0.1) is 0 Å². The number of ketones is 2. The highest BCUT2D eigenvalue weighted by atomic mass is 32.2. The molecule has 0 saturated carbocycles. The molecule has 0 aliphatic heterocycles. The first kappa shape index (κ1) is 74.5. The van der Waals surface area contributed by atoms with Crippen LogP contribution >= 0.6 is 11.8 Å². The van der Waals surface area contributed by atoms with Crippen LogP contribution in [0, 0.1) is 23.7 Å². The molecule has 13 N–H and O–H groups in total. The Balaban J connectivity index is 5.03. The van der Waals surface area contributed by atoms with Crippen LogP contribution in [0.15, 0.2) is 9.98 Å². The van der Waals surface area contributed by atoms with E-state index in [0.29, 0.717) is 25.9 Å². The number of hydrogen-bond acceptors (Lipinski definition) is 21. The number of nitrogens with two attached hydrogens (primary N) is 4. The fraction of sp³-hybridized carbons (Fsp3) is 0.769. The summed E-state index contributed by atoms with van der Waals surface area (Å²) in [4.78, 5) is 134. The maximum absolute atomic E-state index is 13.1. The SMILES string of the molecule is CNCCSCCOCC(COC(=O)NCCCC(=O)CC(CC(C)C)C(=O)OCCOC(=O)C(CC(C)C)NC(=O)NCCCC(=O)CC(CCCN=C(N)N)C(=O)OCCOC(=O)C(CCCN=C(N)N)NC(C)=O)OC(C)=O. The van der Waals surface area contributed by atoms with Gasteiger partial charge in [0.2, 0.25) is 5.91 Å². The molecular formula is C52H93N11O17S. The Morgan fingerprint density at radius 2 is 1.06 bits per heavy atom. The van der Waals surface area contributed by atoms with Gasteiger partial charge in [0.05, 0.1) is 25.0 Å². The number of esters is 5. The average Bonchev–Trinajstić information content (AvgIpc) is 3.38. The molecule has 0 aliphatic rings. The molecule has 4 amide bonds. The lowest BCUT2D eigenvalue weighted by atomic mass is 9.91. The van der Waals surface area contributed by atoms with E-state index < -0.39 is 77.9 Å². The molecule has 0 rings (SSSR count). The number of Topliss-reactive ketones (excluding diaryl/α,β-unsaturated/α-hetero) is 2. The average molecular weight is 1180 g/mol. The number of guanidine groups is 2. The minimum atomic E-state index is -1.07. The second-order valence-corrected chi connectivity index (χ2v) is 20.9. The summed E-state index contributed by atoms with van der Waals surface area (Å²) in [5.74, 6) is -4.61. The van der Waals surface area contributed by atoms with Gasteiger partial charge < -0.3 is 82.7 Å². The van der Waals surface area contributed by atoms with Crippen molar-refractivity contribution in [2.24, 2.45) is 56.6 Å². The number of ether oxygens (including phenoxy) is 7. The van der Waals surface area contributed by atoms with Crippen LogP contribution in [0.2, 0.25) is 0 Å². The quantitative estimate of drug-likeness (QED) is 0.0134. The number of urea groups is 1. The van der Waals surface area contributed by atoms with Gasteiger partial charge in [-0.3, -0.25) is 38.8 Å². The van der Waals surface area contributed by atoms with E-state index in [4.69, 9.17) is 56.1 Å². The van der Waals surface area contributed by atoms with Crippen LogP contribution in [0.5, 0.6) is 0 Å². The fourth-order valence-corrected chi connectivity index (χ4v) is 8.26. The van der Waals surface area contributed by atoms with E-state index in [2.05, 4.69) is 36.6 Å². The van der Waals surface area contributed by atoms with Crippen LogP contribution in [0.3, 0.4) is 0 Å². The highest BCUT2D eigenvalue weighted by molar-refractivity contribution is 7.99. The van der Waals surface area contributed by atoms with Crippen LogP contribution in [-0.2, 0) is 71.5 Å². The third kappa shape index (κ3) is 43.0. The van der Waals surface area contributed by atoms with Crippen molar-refractivity contribution >= 4 is 83.1 Å². The predicted molar refractivity (Wildman–Crippen MR) is 302 cm³/mol. The molecule has 0 aromatic carbocycles. The molecule has 0 aromatic heterocycles. The van der Waals surface area contributed by atoms with E-state index in [-0.39, 0.29) is 159 Å². The van der Waals surface area contributed by atoms with Gasteiger partial charge >= 0.3 is 42.0 Å². The number of alkyl carbamates (subject to hydrolysis) is 1. The highest BCUT2D eigenvalue weighted by Gasteiger charge is 2.28. The fourth-order valence-electron chi connectivity index (χ4n) is 7.48. The van der Waals surface area contributed by atoms with E-state index in [1.54, 1.807) is 11.8 Å². The Bertz CT molecular complexity index is 1970. The van der Waals surface area contributed by atoms with Crippen LogP contribution in [-0.4, -0.2) is 187 Å². The molecule has 0 saturated heterocycles. The predicted octanol–water partition coefficient (Wildman–Crippen LogP) is 0.869. The molecule has 81 heavy (non-hydrogen) atoms. The minimum Gasteiger partial charge on any atom is -0.462 e. The van der Waals surface area contributed by atoms with Crippen molar-refractivity contribution in [1.82, 2.24) is 26.6 Å². The molecule has 0 fully saturated rings. The molecule has 5 atom stereocenters. The summed E-state index contributed by atoms with van der Waals surface area (Å²) in [5, 5.41) is 13.3. The van der Waals surface area contributed by atoms with Gasteiger partial charge in [0.25, 0.3) is 0 Å². The molecule has 5 unspecified atom stereocenters. The maximum atomic E-state index is 13.1. The second-order valence-electron chi connectivity index (χ2n) is 19.7. The number of rotatable bonds is 47. The lowest BCUT2D eigenvalue weighted by Gasteiger charge is -2.20. The summed E-state index contributed by atoms with van der Waals surface area (Å²) in [7, 11) is 1.87. The van der Waals surface area contributed by atoms with Crippen molar-refractivity contribution in [3.63, 3.8) is 0 Å². The Hall–Kier alpha value is -6.49. The molecule has 464 valence electrons. The largest absolute Gasteiger partial charge is 0.462 e. The van der Waals surface area contributed by atoms with Gasteiger partial charge in [0, 0.05) is 83.8 Å². The second kappa shape index (κ2) is 46.2. The van der Waals surface area contributed by atoms with Crippen LogP contribution in [0.4, 0.5) is 9.59 Å². The zero-order valence-electron chi connectivity index (χ0n) is 48.5. The summed E-state index contributed by atoms with van der Waals surface area (Å²) in [6.07, 6.45) is 0.342. The Labute approximate surface area is 480 Å². The summed E-state index contributed by atoms with van der Waals surface area (Å²) in [5.41, 5.74) is 21.5. The summed E-state index contributed by atoms with van der Waals surface area (Å²) in [6, 6.07) is -2.74. The standard InChI is InChI=1S/C52H93N11O17S/c1-34(2)28-39(31-41(67)14-10-19-61-52(73)79-33-42(80-37(6)65)32-74-25-27-81-26-20-57-7)46(69)76-22-24-78-48(71)44(29-35(3)4)63-51(72)60-18-9-13-40(66)30-38(12-8-16-58-49(53)54)45(68)75-21-23-77-47(70)43(62-36(5)64)15-11-17-59-50(55)56/h34-35,38-39,42-44,57H,8-33H2,1-7H3,(H,61,73)(H,62,64)(H4,53,54,58)(H4,55,56,59)(H2,60,63,72). The lowest BCUT2D eigenvalue weighted by Crippen LogP contribution is -2.47. The van der Waals surface area contributed by atoms with Crippen molar-refractivity contribution in [2.45, 2.75) is 137 Å². The Kier molecular flexibility index (Phi) is 42.5. The third-order valence-electron chi connectivity index (χ3n) is 11.1. The first-order valence-corrected chi connectivity index (χ1v) is 28.6.